The molecular formula is C8H6ClNS2. The Morgan fingerprint density at radius 3 is 2.75 bits per heavy atom. The van der Waals surface area contributed by atoms with Crippen LogP contribution >= 0.6 is 34.3 Å². The molecule has 0 aliphatic rings. The molecule has 0 aliphatic carbocycles. The van der Waals surface area contributed by atoms with Crippen molar-refractivity contribution in [3.8, 4) is 10.6 Å². The summed E-state index contributed by atoms with van der Waals surface area (Å²) >= 11 is 9.05. The first kappa shape index (κ1) is 8.23. The Morgan fingerprint density at radius 1 is 1.42 bits per heavy atom. The van der Waals surface area contributed by atoms with Gasteiger partial charge in [0.25, 0.3) is 0 Å². The highest BCUT2D eigenvalue weighted by Gasteiger charge is 2.06. The van der Waals surface area contributed by atoms with Crippen LogP contribution in [0, 0.1) is 6.92 Å². The number of hydrogen-bond donors (Lipinski definition) is 0. The Morgan fingerprint density at radius 2 is 2.25 bits per heavy atom. The number of aromatic nitrogens is 1. The molecule has 1 nitrogen and oxygen atoms in total. The summed E-state index contributed by atoms with van der Waals surface area (Å²) in [6.07, 6.45) is 0. The van der Waals surface area contributed by atoms with Crippen LogP contribution < -0.4 is 0 Å². The molecule has 0 fully saturated rings. The van der Waals surface area contributed by atoms with Gasteiger partial charge in [-0.25, -0.2) is 4.98 Å². The van der Waals surface area contributed by atoms with Crippen molar-refractivity contribution in [3.63, 3.8) is 0 Å². The summed E-state index contributed by atoms with van der Waals surface area (Å²) in [4.78, 5) is 5.50. The van der Waals surface area contributed by atoms with Gasteiger partial charge in [0.1, 0.15) is 10.2 Å². The van der Waals surface area contributed by atoms with Gasteiger partial charge in [0.2, 0.25) is 0 Å². The maximum Gasteiger partial charge on any atom is 0.140 e. The smallest absolute Gasteiger partial charge is 0.140 e. The van der Waals surface area contributed by atoms with Gasteiger partial charge in [-0.1, -0.05) is 11.6 Å². The molecule has 12 heavy (non-hydrogen) atoms. The largest absolute Gasteiger partial charge is 0.224 e. The SMILES string of the molecule is Cc1sccc1-c1nc(Cl)cs1. The number of hydrogen-bond acceptors (Lipinski definition) is 3. The van der Waals surface area contributed by atoms with Crippen LogP contribution in [0.2, 0.25) is 5.15 Å². The summed E-state index contributed by atoms with van der Waals surface area (Å²) in [7, 11) is 0. The first-order chi connectivity index (χ1) is 5.77. The van der Waals surface area contributed by atoms with Crippen LogP contribution in [-0.4, -0.2) is 4.98 Å². The van der Waals surface area contributed by atoms with Crippen LogP contribution in [0.15, 0.2) is 16.8 Å². The average molecular weight is 216 g/mol. The molecule has 0 bridgehead atoms. The molecule has 0 atom stereocenters. The fourth-order valence-corrected chi connectivity index (χ4v) is 2.78. The van der Waals surface area contributed by atoms with Gasteiger partial charge in [-0.3, -0.25) is 0 Å². The lowest BCUT2D eigenvalue weighted by Crippen LogP contribution is -1.72. The summed E-state index contributed by atoms with van der Waals surface area (Å²) in [6, 6.07) is 2.08. The molecule has 0 radical (unpaired) electrons. The van der Waals surface area contributed by atoms with Crippen LogP contribution in [-0.2, 0) is 0 Å². The molecular weight excluding hydrogens is 210 g/mol. The highest BCUT2D eigenvalue weighted by atomic mass is 35.5. The Hall–Kier alpha value is -0.380. The van der Waals surface area contributed by atoms with Crippen molar-refractivity contribution < 1.29 is 0 Å². The van der Waals surface area contributed by atoms with E-state index in [1.807, 2.05) is 5.38 Å². The first-order valence-corrected chi connectivity index (χ1v) is 5.56. The molecule has 0 aliphatic heterocycles. The van der Waals surface area contributed by atoms with Crippen molar-refractivity contribution in [1.82, 2.24) is 4.98 Å². The lowest BCUT2D eigenvalue weighted by molar-refractivity contribution is 1.41. The third-order valence-electron chi connectivity index (χ3n) is 1.57. The van der Waals surface area contributed by atoms with Crippen LogP contribution in [0.25, 0.3) is 10.6 Å². The lowest BCUT2D eigenvalue weighted by atomic mass is 10.3. The molecule has 0 unspecified atom stereocenters. The Kier molecular flexibility index (Phi) is 2.17. The van der Waals surface area contributed by atoms with Gasteiger partial charge in [-0.2, -0.15) is 0 Å². The molecule has 2 aromatic heterocycles. The van der Waals surface area contributed by atoms with Gasteiger partial charge in [0.15, 0.2) is 0 Å². The highest BCUT2D eigenvalue weighted by molar-refractivity contribution is 7.14. The predicted molar refractivity (Wildman–Crippen MR) is 55.2 cm³/mol. The molecule has 62 valence electrons. The van der Waals surface area contributed by atoms with E-state index in [-0.39, 0.29) is 0 Å². The standard InChI is InChI=1S/C8H6ClNS2/c1-5-6(2-3-11-5)8-10-7(9)4-12-8/h2-4H,1H3. The van der Waals surface area contributed by atoms with Gasteiger partial charge in [0.05, 0.1) is 0 Å². The maximum absolute atomic E-state index is 5.73. The molecule has 2 aromatic rings. The Bertz CT molecular complexity index is 391. The maximum atomic E-state index is 5.73. The van der Waals surface area contributed by atoms with Gasteiger partial charge in [-0.05, 0) is 18.4 Å². The van der Waals surface area contributed by atoms with E-state index in [9.17, 15) is 0 Å². The first-order valence-electron chi connectivity index (χ1n) is 3.43. The summed E-state index contributed by atoms with van der Waals surface area (Å²) < 4.78 is 0. The zero-order valence-electron chi connectivity index (χ0n) is 6.37. The molecule has 2 heterocycles. The average Bonchev–Trinajstić information content (AvgIpc) is 2.58. The molecule has 0 spiro atoms. The number of aryl methyl sites for hydroxylation is 1. The van der Waals surface area contributed by atoms with E-state index in [0.717, 1.165) is 5.01 Å². The second-order valence-corrected chi connectivity index (χ2v) is 4.73. The highest BCUT2D eigenvalue weighted by Crippen LogP contribution is 2.30. The Balaban J connectivity index is 2.50. The minimum atomic E-state index is 0.584. The summed E-state index contributed by atoms with van der Waals surface area (Å²) in [5.74, 6) is 0. The van der Waals surface area contributed by atoms with Crippen LogP contribution in [0.5, 0.6) is 0 Å². The van der Waals surface area contributed by atoms with Gasteiger partial charge in [-0.15, -0.1) is 22.7 Å². The van der Waals surface area contributed by atoms with Crippen molar-refractivity contribution in [2.24, 2.45) is 0 Å². The molecule has 2 rings (SSSR count). The van der Waals surface area contributed by atoms with Gasteiger partial charge >= 0.3 is 0 Å². The fourth-order valence-electron chi connectivity index (χ4n) is 0.985. The van der Waals surface area contributed by atoms with Crippen molar-refractivity contribution in [2.45, 2.75) is 6.92 Å². The summed E-state index contributed by atoms with van der Waals surface area (Å²) in [6.45, 7) is 2.09. The number of thiophene rings is 1. The number of thiazole rings is 1. The third kappa shape index (κ3) is 1.40. The molecule has 0 N–H and O–H groups in total. The molecule has 4 heteroatoms. The zero-order valence-corrected chi connectivity index (χ0v) is 8.76. The van der Waals surface area contributed by atoms with Crippen LogP contribution in [0.3, 0.4) is 0 Å². The van der Waals surface area contributed by atoms with E-state index in [4.69, 9.17) is 11.6 Å². The Labute approximate surface area is 83.7 Å². The number of nitrogens with zero attached hydrogens (tertiary/aromatic N) is 1. The topological polar surface area (TPSA) is 12.9 Å². The predicted octanol–water partition coefficient (Wildman–Crippen LogP) is 3.83. The third-order valence-corrected chi connectivity index (χ3v) is 3.61. The van der Waals surface area contributed by atoms with E-state index in [1.54, 1.807) is 22.7 Å². The lowest BCUT2D eigenvalue weighted by Gasteiger charge is -1.90. The van der Waals surface area contributed by atoms with Crippen molar-refractivity contribution in [3.05, 3.63) is 26.9 Å². The normalized spacial score (nSPS) is 10.5. The molecule has 0 saturated carbocycles. The van der Waals surface area contributed by atoms with Crippen LogP contribution in [0.4, 0.5) is 0 Å². The van der Waals surface area contributed by atoms with E-state index in [0.29, 0.717) is 5.15 Å². The second-order valence-electron chi connectivity index (χ2n) is 2.37. The summed E-state index contributed by atoms with van der Waals surface area (Å²) in [5.41, 5.74) is 1.21. The molecule has 0 saturated heterocycles. The van der Waals surface area contributed by atoms with Crippen LogP contribution in [0.1, 0.15) is 4.88 Å². The molecule has 0 aromatic carbocycles. The minimum Gasteiger partial charge on any atom is -0.224 e. The van der Waals surface area contributed by atoms with Gasteiger partial charge in [0, 0.05) is 15.8 Å². The van der Waals surface area contributed by atoms with Crippen molar-refractivity contribution >= 4 is 34.3 Å². The van der Waals surface area contributed by atoms with Crippen molar-refractivity contribution in [2.75, 3.05) is 0 Å². The number of rotatable bonds is 1. The van der Waals surface area contributed by atoms with E-state index >= 15 is 0 Å². The van der Waals surface area contributed by atoms with Gasteiger partial charge < -0.3 is 0 Å². The fraction of sp³-hybridized carbons (Fsp3) is 0.125. The van der Waals surface area contributed by atoms with Crippen molar-refractivity contribution in [1.29, 1.82) is 0 Å². The monoisotopic (exact) mass is 215 g/mol. The summed E-state index contributed by atoms with van der Waals surface area (Å²) in [5, 5.41) is 5.52. The quantitative estimate of drug-likeness (QED) is 0.705. The molecule has 0 amide bonds. The van der Waals surface area contributed by atoms with E-state index < -0.39 is 0 Å². The number of halogens is 1. The zero-order chi connectivity index (χ0) is 8.55. The minimum absolute atomic E-state index is 0.584. The van der Waals surface area contributed by atoms with E-state index in [1.165, 1.54) is 10.4 Å². The van der Waals surface area contributed by atoms with E-state index in [2.05, 4.69) is 23.4 Å². The second kappa shape index (κ2) is 3.17.